The summed E-state index contributed by atoms with van der Waals surface area (Å²) in [6.45, 7) is 5.80. The predicted octanol–water partition coefficient (Wildman–Crippen LogP) is 2.97. The summed E-state index contributed by atoms with van der Waals surface area (Å²) < 4.78 is 32.0. The molecule has 6 nitrogen and oxygen atoms in total. The molecule has 0 radical (unpaired) electrons. The summed E-state index contributed by atoms with van der Waals surface area (Å²) in [5, 5.41) is 3.38. The lowest BCUT2D eigenvalue weighted by atomic mass is 10.0. The van der Waals surface area contributed by atoms with E-state index in [4.69, 9.17) is 4.74 Å². The van der Waals surface area contributed by atoms with Crippen molar-refractivity contribution in [3.8, 4) is 0 Å². The number of ether oxygens (including phenoxy) is 1. The van der Waals surface area contributed by atoms with Crippen molar-refractivity contribution in [1.82, 2.24) is 9.29 Å². The minimum Gasteiger partial charge on any atom is -0.379 e. The Morgan fingerprint density at radius 1 is 1.15 bits per heavy atom. The highest BCUT2D eigenvalue weighted by atomic mass is 32.2. The summed E-state index contributed by atoms with van der Waals surface area (Å²) in [5.74, 6) is 0.665. The van der Waals surface area contributed by atoms with Crippen molar-refractivity contribution >= 4 is 15.8 Å². The predicted molar refractivity (Wildman–Crippen MR) is 102 cm³/mol. The third kappa shape index (κ3) is 4.23. The molecule has 0 spiro atoms. The second-order valence-electron chi connectivity index (χ2n) is 6.41. The molecule has 140 valence electrons. The Labute approximate surface area is 155 Å². The van der Waals surface area contributed by atoms with Crippen LogP contribution in [0.5, 0.6) is 0 Å². The number of nitrogens with one attached hydrogen (secondary N) is 1. The number of anilines is 1. The van der Waals surface area contributed by atoms with Gasteiger partial charge in [0.05, 0.1) is 19.3 Å². The number of aryl methyl sites for hydroxylation is 1. The number of hydrogen-bond donors (Lipinski definition) is 1. The van der Waals surface area contributed by atoms with E-state index in [-0.39, 0.29) is 10.9 Å². The van der Waals surface area contributed by atoms with Gasteiger partial charge in [-0.25, -0.2) is 13.4 Å². The van der Waals surface area contributed by atoms with Crippen molar-refractivity contribution in [2.75, 3.05) is 31.6 Å². The number of hydrogen-bond acceptors (Lipinski definition) is 5. The number of nitrogens with zero attached hydrogens (tertiary/aromatic N) is 2. The lowest BCUT2D eigenvalue weighted by molar-refractivity contribution is 0.0730. The summed E-state index contributed by atoms with van der Waals surface area (Å²) in [5.41, 5.74) is 2.41. The maximum Gasteiger partial charge on any atom is 0.244 e. The van der Waals surface area contributed by atoms with Crippen LogP contribution in [0.2, 0.25) is 0 Å². The summed E-state index contributed by atoms with van der Waals surface area (Å²) in [7, 11) is -3.51. The number of pyridine rings is 1. The van der Waals surface area contributed by atoms with E-state index in [1.54, 1.807) is 12.1 Å². The molecule has 0 amide bonds. The summed E-state index contributed by atoms with van der Waals surface area (Å²) in [6, 6.07) is 11.9. The first-order chi connectivity index (χ1) is 12.5. The molecular formula is C19H25N3O3S. The first-order valence-corrected chi connectivity index (χ1v) is 10.3. The van der Waals surface area contributed by atoms with Crippen LogP contribution in [0.15, 0.2) is 47.5 Å². The van der Waals surface area contributed by atoms with Crippen molar-refractivity contribution in [2.45, 2.75) is 31.2 Å². The smallest absolute Gasteiger partial charge is 0.244 e. The molecule has 1 aliphatic rings. The Morgan fingerprint density at radius 3 is 2.42 bits per heavy atom. The van der Waals surface area contributed by atoms with E-state index in [9.17, 15) is 8.42 Å². The number of sulfonamides is 1. The average Bonchev–Trinajstić information content (AvgIpc) is 2.68. The van der Waals surface area contributed by atoms with Crippen molar-refractivity contribution < 1.29 is 13.2 Å². The zero-order valence-corrected chi connectivity index (χ0v) is 16.0. The largest absolute Gasteiger partial charge is 0.379 e. The van der Waals surface area contributed by atoms with E-state index >= 15 is 0 Å². The molecule has 1 fully saturated rings. The molecule has 0 unspecified atom stereocenters. The van der Waals surface area contributed by atoms with Gasteiger partial charge in [0.1, 0.15) is 10.7 Å². The van der Waals surface area contributed by atoms with Gasteiger partial charge < -0.3 is 10.1 Å². The maximum atomic E-state index is 12.6. The van der Waals surface area contributed by atoms with Gasteiger partial charge in [0.2, 0.25) is 10.0 Å². The van der Waals surface area contributed by atoms with Crippen LogP contribution in [0.3, 0.4) is 0 Å². The number of rotatable bonds is 6. The molecule has 0 saturated carbocycles. The minimum absolute atomic E-state index is 0.129. The van der Waals surface area contributed by atoms with Gasteiger partial charge in [-0.1, -0.05) is 36.8 Å². The Balaban J connectivity index is 1.73. The SMILES string of the molecule is CC[C@H](Nc1ccc(S(=O)(=O)N2CCOCC2)cn1)c1ccc(C)cc1. The number of morpholine rings is 1. The van der Waals surface area contributed by atoms with Crippen LogP contribution < -0.4 is 5.32 Å². The fourth-order valence-corrected chi connectivity index (χ4v) is 4.31. The topological polar surface area (TPSA) is 71.5 Å². The van der Waals surface area contributed by atoms with Gasteiger partial charge in [-0.05, 0) is 31.0 Å². The van der Waals surface area contributed by atoms with E-state index in [1.807, 2.05) is 0 Å². The second-order valence-corrected chi connectivity index (χ2v) is 8.35. The zero-order chi connectivity index (χ0) is 18.6. The molecule has 1 N–H and O–H groups in total. The highest BCUT2D eigenvalue weighted by Gasteiger charge is 2.26. The highest BCUT2D eigenvalue weighted by Crippen LogP contribution is 2.23. The normalized spacial score (nSPS) is 17.0. The molecule has 1 saturated heterocycles. The van der Waals surface area contributed by atoms with Gasteiger partial charge in [0.15, 0.2) is 0 Å². The molecule has 1 atom stereocenters. The summed E-state index contributed by atoms with van der Waals surface area (Å²) >= 11 is 0. The molecular weight excluding hydrogens is 350 g/mol. The fraction of sp³-hybridized carbons (Fsp3) is 0.421. The lowest BCUT2D eigenvalue weighted by Crippen LogP contribution is -2.40. The summed E-state index contributed by atoms with van der Waals surface area (Å²) in [6.07, 6.45) is 2.33. The quantitative estimate of drug-likeness (QED) is 0.840. The van der Waals surface area contributed by atoms with Crippen LogP contribution >= 0.6 is 0 Å². The van der Waals surface area contributed by atoms with Crippen LogP contribution in [0.4, 0.5) is 5.82 Å². The fourth-order valence-electron chi connectivity index (χ4n) is 2.95. The van der Waals surface area contributed by atoms with Gasteiger partial charge in [-0.15, -0.1) is 0 Å². The van der Waals surface area contributed by atoms with Crippen LogP contribution in [0.1, 0.15) is 30.5 Å². The van der Waals surface area contributed by atoms with Crippen LogP contribution in [0.25, 0.3) is 0 Å². The molecule has 3 rings (SSSR count). The third-order valence-electron chi connectivity index (χ3n) is 4.55. The van der Waals surface area contributed by atoms with Crippen LogP contribution in [-0.4, -0.2) is 44.0 Å². The molecule has 0 aliphatic carbocycles. The van der Waals surface area contributed by atoms with E-state index in [0.29, 0.717) is 32.1 Å². The molecule has 1 aromatic heterocycles. The molecule has 2 heterocycles. The monoisotopic (exact) mass is 375 g/mol. The Morgan fingerprint density at radius 2 is 1.85 bits per heavy atom. The summed E-state index contributed by atoms with van der Waals surface area (Å²) in [4.78, 5) is 4.54. The molecule has 1 aromatic carbocycles. The van der Waals surface area contributed by atoms with Gasteiger partial charge >= 0.3 is 0 Å². The molecule has 0 bridgehead atoms. The first kappa shape index (κ1) is 18.8. The molecule has 26 heavy (non-hydrogen) atoms. The first-order valence-electron chi connectivity index (χ1n) is 8.88. The van der Waals surface area contributed by atoms with Gasteiger partial charge in [0.25, 0.3) is 0 Å². The Hall–Kier alpha value is -1.96. The third-order valence-corrected chi connectivity index (χ3v) is 6.44. The second kappa shape index (κ2) is 8.16. The lowest BCUT2D eigenvalue weighted by Gasteiger charge is -2.26. The van der Waals surface area contributed by atoms with Crippen molar-refractivity contribution in [1.29, 1.82) is 0 Å². The van der Waals surface area contributed by atoms with E-state index in [1.165, 1.54) is 21.6 Å². The average molecular weight is 375 g/mol. The zero-order valence-electron chi connectivity index (χ0n) is 15.2. The molecule has 7 heteroatoms. The van der Waals surface area contributed by atoms with E-state index in [2.05, 4.69) is 48.4 Å². The van der Waals surface area contributed by atoms with E-state index < -0.39 is 10.0 Å². The maximum absolute atomic E-state index is 12.6. The van der Waals surface area contributed by atoms with Crippen molar-refractivity contribution in [2.24, 2.45) is 0 Å². The Kier molecular flexibility index (Phi) is 5.90. The standard InChI is InChI=1S/C19H25N3O3S/c1-3-18(16-6-4-15(2)5-7-16)21-19-9-8-17(14-20-19)26(23,24)22-10-12-25-13-11-22/h4-9,14,18H,3,10-13H2,1-2H3,(H,20,21)/t18-/m0/s1. The van der Waals surface area contributed by atoms with Crippen molar-refractivity contribution in [3.05, 3.63) is 53.7 Å². The van der Waals surface area contributed by atoms with E-state index in [0.717, 1.165) is 6.42 Å². The minimum atomic E-state index is -3.51. The van der Waals surface area contributed by atoms with Crippen LogP contribution in [0, 0.1) is 6.92 Å². The molecule has 2 aromatic rings. The van der Waals surface area contributed by atoms with Crippen LogP contribution in [-0.2, 0) is 14.8 Å². The Bertz CT molecular complexity index is 814. The van der Waals surface area contributed by atoms with Gasteiger partial charge in [-0.2, -0.15) is 4.31 Å². The molecule has 1 aliphatic heterocycles. The number of aromatic nitrogens is 1. The highest BCUT2D eigenvalue weighted by molar-refractivity contribution is 7.89. The van der Waals surface area contributed by atoms with Gasteiger partial charge in [0, 0.05) is 19.3 Å². The number of benzene rings is 1. The van der Waals surface area contributed by atoms with Gasteiger partial charge in [-0.3, -0.25) is 0 Å². The van der Waals surface area contributed by atoms with Crippen molar-refractivity contribution in [3.63, 3.8) is 0 Å².